The van der Waals surface area contributed by atoms with Gasteiger partial charge in [-0.3, -0.25) is 4.68 Å². The van der Waals surface area contributed by atoms with Crippen LogP contribution in [0.3, 0.4) is 0 Å². The highest BCUT2D eigenvalue weighted by atomic mass is 15.3. The quantitative estimate of drug-likeness (QED) is 0.795. The molecule has 0 aromatic carbocycles. The van der Waals surface area contributed by atoms with Gasteiger partial charge in [0.2, 0.25) is 0 Å². The van der Waals surface area contributed by atoms with Gasteiger partial charge in [0.15, 0.2) is 0 Å². The first-order valence-corrected chi connectivity index (χ1v) is 5.50. The Hall–Kier alpha value is -0.830. The first-order valence-electron chi connectivity index (χ1n) is 5.50. The van der Waals surface area contributed by atoms with Crippen molar-refractivity contribution in [2.24, 2.45) is 11.7 Å². The van der Waals surface area contributed by atoms with Crippen LogP contribution in [0.2, 0.25) is 0 Å². The van der Waals surface area contributed by atoms with Gasteiger partial charge in [-0.2, -0.15) is 5.10 Å². The zero-order valence-corrected chi connectivity index (χ0v) is 9.03. The fourth-order valence-corrected chi connectivity index (χ4v) is 1.95. The van der Waals surface area contributed by atoms with Gasteiger partial charge in [0.25, 0.3) is 0 Å². The first-order chi connectivity index (χ1) is 6.70. The molecule has 1 aromatic heterocycles. The van der Waals surface area contributed by atoms with Gasteiger partial charge in [-0.05, 0) is 32.3 Å². The van der Waals surface area contributed by atoms with Crippen LogP contribution in [0.25, 0.3) is 0 Å². The Morgan fingerprint density at radius 3 is 2.93 bits per heavy atom. The third kappa shape index (κ3) is 1.98. The van der Waals surface area contributed by atoms with Crippen molar-refractivity contribution >= 4 is 0 Å². The fraction of sp³-hybridized carbons (Fsp3) is 0.727. The molecule has 1 saturated carbocycles. The van der Waals surface area contributed by atoms with Crippen molar-refractivity contribution in [1.29, 1.82) is 0 Å². The fourth-order valence-electron chi connectivity index (χ4n) is 1.95. The Bertz CT molecular complexity index is 312. The van der Waals surface area contributed by atoms with Crippen LogP contribution in [0.4, 0.5) is 0 Å². The molecule has 0 radical (unpaired) electrons. The molecule has 0 aliphatic heterocycles. The summed E-state index contributed by atoms with van der Waals surface area (Å²) in [7, 11) is 0. The number of aromatic nitrogens is 2. The predicted molar refractivity (Wildman–Crippen MR) is 56.9 cm³/mol. The molecule has 1 heterocycles. The highest BCUT2D eigenvalue weighted by Gasteiger charge is 2.25. The maximum Gasteiger partial charge on any atom is 0.0597 e. The number of hydrogen-bond acceptors (Lipinski definition) is 2. The molecule has 1 aromatic rings. The normalized spacial score (nSPS) is 18.5. The third-order valence-electron chi connectivity index (χ3n) is 2.90. The maximum atomic E-state index is 6.16. The Morgan fingerprint density at radius 2 is 2.36 bits per heavy atom. The van der Waals surface area contributed by atoms with Crippen molar-refractivity contribution in [3.8, 4) is 0 Å². The molecular formula is C11H19N3. The van der Waals surface area contributed by atoms with Crippen molar-refractivity contribution < 1.29 is 0 Å². The lowest BCUT2D eigenvalue weighted by molar-refractivity contribution is 0.523. The molecule has 1 atom stereocenters. The molecule has 14 heavy (non-hydrogen) atoms. The number of aryl methyl sites for hydroxylation is 2. The average Bonchev–Trinajstić information content (AvgIpc) is 2.87. The van der Waals surface area contributed by atoms with E-state index >= 15 is 0 Å². The minimum Gasteiger partial charge on any atom is -0.323 e. The van der Waals surface area contributed by atoms with E-state index in [0.717, 1.165) is 24.6 Å². The summed E-state index contributed by atoms with van der Waals surface area (Å²) >= 11 is 0. The molecule has 2 N–H and O–H groups in total. The van der Waals surface area contributed by atoms with E-state index in [9.17, 15) is 0 Å². The molecule has 0 bridgehead atoms. The van der Waals surface area contributed by atoms with Gasteiger partial charge < -0.3 is 5.73 Å². The van der Waals surface area contributed by atoms with E-state index in [4.69, 9.17) is 5.73 Å². The summed E-state index contributed by atoms with van der Waals surface area (Å²) in [5, 5.41) is 4.41. The van der Waals surface area contributed by atoms with Gasteiger partial charge in [0.05, 0.1) is 11.4 Å². The molecule has 3 nitrogen and oxygen atoms in total. The molecule has 1 aliphatic rings. The summed E-state index contributed by atoms with van der Waals surface area (Å²) in [6.07, 6.45) is 3.87. The molecule has 0 spiro atoms. The van der Waals surface area contributed by atoms with Crippen LogP contribution in [-0.2, 0) is 6.54 Å². The van der Waals surface area contributed by atoms with Crippen LogP contribution < -0.4 is 5.73 Å². The molecule has 78 valence electrons. The van der Waals surface area contributed by atoms with Gasteiger partial charge >= 0.3 is 0 Å². The van der Waals surface area contributed by atoms with E-state index in [2.05, 4.69) is 18.1 Å². The minimum atomic E-state index is 0.184. The van der Waals surface area contributed by atoms with E-state index in [1.165, 1.54) is 18.5 Å². The number of nitrogens with two attached hydrogens (primary N) is 1. The van der Waals surface area contributed by atoms with Crippen LogP contribution in [0.5, 0.6) is 0 Å². The molecule has 3 heteroatoms. The summed E-state index contributed by atoms with van der Waals surface area (Å²) < 4.78 is 2.03. The van der Waals surface area contributed by atoms with Gasteiger partial charge in [-0.25, -0.2) is 0 Å². The van der Waals surface area contributed by atoms with Crippen molar-refractivity contribution in [1.82, 2.24) is 9.78 Å². The Morgan fingerprint density at radius 1 is 1.64 bits per heavy atom. The van der Waals surface area contributed by atoms with Gasteiger partial charge in [-0.1, -0.05) is 12.8 Å². The monoisotopic (exact) mass is 193 g/mol. The van der Waals surface area contributed by atoms with Crippen LogP contribution in [0.15, 0.2) is 6.07 Å². The highest BCUT2D eigenvalue weighted by molar-refractivity contribution is 5.13. The minimum absolute atomic E-state index is 0.184. The Labute approximate surface area is 85.3 Å². The van der Waals surface area contributed by atoms with Crippen molar-refractivity contribution in [2.75, 3.05) is 0 Å². The molecule has 2 rings (SSSR count). The number of hydrogen-bond donors (Lipinski definition) is 1. The summed E-state index contributed by atoms with van der Waals surface area (Å²) in [4.78, 5) is 0. The van der Waals surface area contributed by atoms with Crippen molar-refractivity contribution in [3.05, 3.63) is 17.5 Å². The average molecular weight is 193 g/mol. The molecule has 0 amide bonds. The summed E-state index contributed by atoms with van der Waals surface area (Å²) in [5.74, 6) is 0.880. The summed E-state index contributed by atoms with van der Waals surface area (Å²) in [5.41, 5.74) is 8.45. The second-order valence-corrected chi connectivity index (χ2v) is 4.31. The van der Waals surface area contributed by atoms with Crippen molar-refractivity contribution in [2.45, 2.75) is 45.7 Å². The lowest BCUT2D eigenvalue weighted by Gasteiger charge is -2.12. The Kier molecular flexibility index (Phi) is 2.59. The Balaban J connectivity index is 2.11. The van der Waals surface area contributed by atoms with Crippen LogP contribution in [-0.4, -0.2) is 9.78 Å². The molecule has 1 fully saturated rings. The SMILES string of the molecule is CCn1nc(C)cc1C(N)CC1CC1. The lowest BCUT2D eigenvalue weighted by Crippen LogP contribution is -2.16. The molecule has 0 saturated heterocycles. The number of nitrogens with zero attached hydrogens (tertiary/aromatic N) is 2. The molecule has 1 unspecified atom stereocenters. The zero-order valence-electron chi connectivity index (χ0n) is 9.03. The topological polar surface area (TPSA) is 43.8 Å². The summed E-state index contributed by atoms with van der Waals surface area (Å²) in [6.45, 7) is 5.06. The summed E-state index contributed by atoms with van der Waals surface area (Å²) in [6, 6.07) is 2.31. The van der Waals surface area contributed by atoms with Crippen LogP contribution in [0.1, 0.15) is 43.6 Å². The lowest BCUT2D eigenvalue weighted by atomic mass is 10.1. The first kappa shape index (κ1) is 9.71. The predicted octanol–water partition coefficient (Wildman–Crippen LogP) is 2.01. The second-order valence-electron chi connectivity index (χ2n) is 4.31. The standard InChI is InChI=1S/C11H19N3/c1-3-14-11(6-8(2)13-14)10(12)7-9-4-5-9/h6,9-10H,3-5,7,12H2,1-2H3. The number of rotatable bonds is 4. The molecular weight excluding hydrogens is 174 g/mol. The van der Waals surface area contributed by atoms with E-state index in [0.29, 0.717) is 0 Å². The second kappa shape index (κ2) is 3.73. The van der Waals surface area contributed by atoms with Gasteiger partial charge in [-0.15, -0.1) is 0 Å². The largest absolute Gasteiger partial charge is 0.323 e. The van der Waals surface area contributed by atoms with Crippen LogP contribution >= 0.6 is 0 Å². The maximum absolute atomic E-state index is 6.16. The van der Waals surface area contributed by atoms with E-state index in [1.807, 2.05) is 11.6 Å². The van der Waals surface area contributed by atoms with E-state index in [-0.39, 0.29) is 6.04 Å². The third-order valence-corrected chi connectivity index (χ3v) is 2.90. The zero-order chi connectivity index (χ0) is 10.1. The van der Waals surface area contributed by atoms with E-state index in [1.54, 1.807) is 0 Å². The van der Waals surface area contributed by atoms with Crippen molar-refractivity contribution in [3.63, 3.8) is 0 Å². The van der Waals surface area contributed by atoms with Gasteiger partial charge in [0.1, 0.15) is 0 Å². The van der Waals surface area contributed by atoms with Gasteiger partial charge in [0, 0.05) is 12.6 Å². The smallest absolute Gasteiger partial charge is 0.0597 e. The molecule has 1 aliphatic carbocycles. The van der Waals surface area contributed by atoms with Crippen LogP contribution in [0, 0.1) is 12.8 Å². The highest BCUT2D eigenvalue weighted by Crippen LogP contribution is 2.36. The van der Waals surface area contributed by atoms with E-state index < -0.39 is 0 Å².